The molecule has 10 heteroatoms. The summed E-state index contributed by atoms with van der Waals surface area (Å²) in [6, 6.07) is 9.71. The third kappa shape index (κ3) is 3.92. The molecule has 0 saturated carbocycles. The molecule has 0 fully saturated rings. The van der Waals surface area contributed by atoms with Crippen LogP contribution >= 0.6 is 0 Å². The maximum Gasteiger partial charge on any atom is 0.278 e. The Bertz CT molecular complexity index is 866. The van der Waals surface area contributed by atoms with E-state index in [9.17, 15) is 13.2 Å². The number of nitrogens with one attached hydrogen (secondary N) is 1. The Morgan fingerprint density at radius 2 is 1.58 bits per heavy atom. The molecule has 2 rings (SSSR count). The molecule has 26 heavy (non-hydrogen) atoms. The number of benzene rings is 1. The highest BCUT2D eigenvalue weighted by Crippen LogP contribution is 2.33. The zero-order valence-corrected chi connectivity index (χ0v) is 15.5. The minimum atomic E-state index is -3.86. The Morgan fingerprint density at radius 1 is 1.04 bits per heavy atom. The van der Waals surface area contributed by atoms with Crippen molar-refractivity contribution in [3.05, 3.63) is 47.8 Å². The van der Waals surface area contributed by atoms with Crippen molar-refractivity contribution in [2.45, 2.75) is 5.60 Å². The molecule has 0 radical (unpaired) electrons. The summed E-state index contributed by atoms with van der Waals surface area (Å²) in [5.41, 5.74) is -1.61. The molecule has 1 heterocycles. The van der Waals surface area contributed by atoms with Gasteiger partial charge in [-0.3, -0.25) is 9.52 Å². The first-order valence-electron chi connectivity index (χ1n) is 7.37. The molecule has 0 aliphatic carbocycles. The van der Waals surface area contributed by atoms with Crippen molar-refractivity contribution in [3.8, 4) is 11.8 Å². The molecule has 0 bridgehead atoms. The van der Waals surface area contributed by atoms with Crippen LogP contribution < -0.4 is 14.2 Å². The van der Waals surface area contributed by atoms with Gasteiger partial charge in [-0.05, 0) is 0 Å². The van der Waals surface area contributed by atoms with Crippen LogP contribution in [0.1, 0.15) is 11.4 Å². The molecule has 0 spiro atoms. The maximum atomic E-state index is 12.9. The molecule has 1 N–H and O–H groups in total. The normalized spacial score (nSPS) is 13.5. The Balaban J connectivity index is 2.77. The molecule has 140 valence electrons. The molecular formula is C16H19N3O6S. The monoisotopic (exact) mass is 381 g/mol. The molecule has 1 aromatic carbocycles. The Kier molecular flexibility index (Phi) is 5.78. The number of aromatic nitrogens is 2. The predicted octanol–water partition coefficient (Wildman–Crippen LogP) is 0.460. The largest absolute Gasteiger partial charge is 0.481 e. The fourth-order valence-corrected chi connectivity index (χ4v) is 2.83. The number of hydrogen-bond donors (Lipinski definition) is 1. The van der Waals surface area contributed by atoms with Crippen LogP contribution in [0.3, 0.4) is 0 Å². The number of sulfonamides is 1. The van der Waals surface area contributed by atoms with E-state index in [0.717, 1.165) is 6.26 Å². The van der Waals surface area contributed by atoms with Gasteiger partial charge in [-0.1, -0.05) is 30.3 Å². The summed E-state index contributed by atoms with van der Waals surface area (Å²) in [5, 5.41) is 0. The minimum Gasteiger partial charge on any atom is -0.481 e. The van der Waals surface area contributed by atoms with Gasteiger partial charge in [0.05, 0.1) is 26.5 Å². The van der Waals surface area contributed by atoms with E-state index in [-0.39, 0.29) is 17.6 Å². The summed E-state index contributed by atoms with van der Waals surface area (Å²) in [5.74, 6) is -0.861. The minimum absolute atomic E-state index is 0.122. The Morgan fingerprint density at radius 3 is 2.00 bits per heavy atom. The fourth-order valence-electron chi connectivity index (χ4n) is 2.35. The van der Waals surface area contributed by atoms with E-state index < -0.39 is 21.5 Å². The number of carbonyl (C=O) groups is 1. The molecule has 1 aromatic heterocycles. The average Bonchev–Trinajstić information content (AvgIpc) is 2.62. The smallest absolute Gasteiger partial charge is 0.278 e. The molecule has 1 unspecified atom stereocenters. The summed E-state index contributed by atoms with van der Waals surface area (Å²) >= 11 is 0. The van der Waals surface area contributed by atoms with Gasteiger partial charge < -0.3 is 14.2 Å². The van der Waals surface area contributed by atoms with Gasteiger partial charge in [0, 0.05) is 12.7 Å². The first-order valence-corrected chi connectivity index (χ1v) is 9.26. The van der Waals surface area contributed by atoms with Crippen molar-refractivity contribution in [1.29, 1.82) is 0 Å². The summed E-state index contributed by atoms with van der Waals surface area (Å²) < 4.78 is 40.9. The topological polar surface area (TPSA) is 117 Å². The zero-order chi connectivity index (χ0) is 19.4. The molecular weight excluding hydrogens is 362 g/mol. The second-order valence-electron chi connectivity index (χ2n) is 5.23. The second-order valence-corrected chi connectivity index (χ2v) is 6.98. The van der Waals surface area contributed by atoms with Crippen LogP contribution in [0, 0.1) is 0 Å². The van der Waals surface area contributed by atoms with Crippen LogP contribution in [0.2, 0.25) is 0 Å². The van der Waals surface area contributed by atoms with Crippen LogP contribution in [0.15, 0.2) is 36.4 Å². The summed E-state index contributed by atoms with van der Waals surface area (Å²) in [4.78, 5) is 21.3. The molecule has 0 aliphatic rings. The Labute approximate surface area is 151 Å². The van der Waals surface area contributed by atoms with Gasteiger partial charge in [-0.2, -0.15) is 9.97 Å². The van der Waals surface area contributed by atoms with Gasteiger partial charge in [-0.15, -0.1) is 0 Å². The third-order valence-corrected chi connectivity index (χ3v) is 4.05. The van der Waals surface area contributed by atoms with Gasteiger partial charge >= 0.3 is 0 Å². The van der Waals surface area contributed by atoms with Crippen LogP contribution in [0.4, 0.5) is 0 Å². The summed E-state index contributed by atoms with van der Waals surface area (Å²) in [6.45, 7) is 0. The number of nitrogens with zero attached hydrogens (tertiary/aromatic N) is 2. The average molecular weight is 381 g/mol. The third-order valence-electron chi connectivity index (χ3n) is 3.50. The van der Waals surface area contributed by atoms with Gasteiger partial charge in [0.1, 0.15) is 0 Å². The SMILES string of the molecule is COc1cc(OC)nc(C(OC)(C(=O)NS(C)(=O)=O)c2ccccc2)n1. The molecule has 9 nitrogen and oxygen atoms in total. The first kappa shape index (κ1) is 19.6. The zero-order valence-electron chi connectivity index (χ0n) is 14.7. The summed E-state index contributed by atoms with van der Waals surface area (Å²) in [6.07, 6.45) is 0.864. The van der Waals surface area contributed by atoms with E-state index in [2.05, 4.69) is 9.97 Å². The van der Waals surface area contributed by atoms with E-state index in [0.29, 0.717) is 5.56 Å². The van der Waals surface area contributed by atoms with E-state index in [4.69, 9.17) is 14.2 Å². The van der Waals surface area contributed by atoms with E-state index in [1.54, 1.807) is 30.3 Å². The highest BCUT2D eigenvalue weighted by Gasteiger charge is 2.47. The molecule has 2 aromatic rings. The van der Waals surface area contributed by atoms with Crippen molar-refractivity contribution >= 4 is 15.9 Å². The molecule has 1 amide bonds. The maximum absolute atomic E-state index is 12.9. The summed E-state index contributed by atoms with van der Waals surface area (Å²) in [7, 11) is 0.169. The van der Waals surface area contributed by atoms with Crippen LogP contribution in [-0.2, 0) is 25.2 Å². The number of rotatable bonds is 7. The lowest BCUT2D eigenvalue weighted by Crippen LogP contribution is -2.49. The number of ether oxygens (including phenoxy) is 3. The highest BCUT2D eigenvalue weighted by atomic mass is 32.2. The number of hydrogen-bond acceptors (Lipinski definition) is 8. The molecule has 1 atom stereocenters. The lowest BCUT2D eigenvalue weighted by Gasteiger charge is -2.29. The van der Waals surface area contributed by atoms with Crippen LogP contribution in [0.5, 0.6) is 11.8 Å². The van der Waals surface area contributed by atoms with Gasteiger partial charge in [0.25, 0.3) is 5.91 Å². The lowest BCUT2D eigenvalue weighted by atomic mass is 9.91. The lowest BCUT2D eigenvalue weighted by molar-refractivity contribution is -0.138. The molecule has 0 aliphatic heterocycles. The van der Waals surface area contributed by atoms with Crippen molar-refractivity contribution in [2.75, 3.05) is 27.6 Å². The van der Waals surface area contributed by atoms with Crippen molar-refractivity contribution in [3.63, 3.8) is 0 Å². The standard InChI is InChI=1S/C16H19N3O6S/c1-23-12-10-13(24-2)18-14(17-12)16(25-3,11-8-6-5-7-9-11)15(20)19-26(4,21)22/h5-10H,1-4H3,(H,19,20). The molecule has 0 saturated heterocycles. The van der Waals surface area contributed by atoms with Gasteiger partial charge in [0.15, 0.2) is 5.82 Å². The van der Waals surface area contributed by atoms with Crippen LogP contribution in [0.25, 0.3) is 0 Å². The predicted molar refractivity (Wildman–Crippen MR) is 92.4 cm³/mol. The van der Waals surface area contributed by atoms with Gasteiger partial charge in [0.2, 0.25) is 27.4 Å². The van der Waals surface area contributed by atoms with E-state index in [1.807, 2.05) is 4.72 Å². The quantitative estimate of drug-likeness (QED) is 0.735. The number of methoxy groups -OCH3 is 3. The fraction of sp³-hybridized carbons (Fsp3) is 0.312. The van der Waals surface area contributed by atoms with E-state index in [1.165, 1.54) is 27.4 Å². The van der Waals surface area contributed by atoms with Gasteiger partial charge in [-0.25, -0.2) is 8.42 Å². The number of carbonyl (C=O) groups excluding carboxylic acids is 1. The number of amides is 1. The van der Waals surface area contributed by atoms with Crippen molar-refractivity contribution < 1.29 is 27.4 Å². The highest BCUT2D eigenvalue weighted by molar-refractivity contribution is 7.89. The first-order chi connectivity index (χ1) is 12.3. The van der Waals surface area contributed by atoms with Crippen molar-refractivity contribution in [1.82, 2.24) is 14.7 Å². The van der Waals surface area contributed by atoms with Crippen molar-refractivity contribution in [2.24, 2.45) is 0 Å². The second kappa shape index (κ2) is 7.67. The Hall–Kier alpha value is -2.72. The van der Waals surface area contributed by atoms with E-state index >= 15 is 0 Å². The van der Waals surface area contributed by atoms with Crippen LogP contribution in [-0.4, -0.2) is 51.9 Å².